The Morgan fingerprint density at radius 1 is 1.71 bits per heavy atom. The molecular formula is C11H14N2S. The van der Waals surface area contributed by atoms with Crippen LogP contribution < -0.4 is 0 Å². The normalized spacial score (nSPS) is 18.1. The molecule has 74 valence electrons. The highest BCUT2D eigenvalue weighted by Crippen LogP contribution is 2.30. The monoisotopic (exact) mass is 206 g/mol. The molecule has 1 fully saturated rings. The first-order chi connectivity index (χ1) is 6.81. The van der Waals surface area contributed by atoms with Crippen molar-refractivity contribution < 1.29 is 0 Å². The molecule has 0 aromatic carbocycles. The topological polar surface area (TPSA) is 27.0 Å². The van der Waals surface area contributed by atoms with E-state index in [1.54, 1.807) is 11.3 Å². The van der Waals surface area contributed by atoms with Crippen LogP contribution >= 0.6 is 11.3 Å². The van der Waals surface area contributed by atoms with E-state index in [-0.39, 0.29) is 6.04 Å². The second-order valence-corrected chi connectivity index (χ2v) is 4.62. The quantitative estimate of drug-likeness (QED) is 0.757. The Bertz CT molecular complexity index is 322. The number of nitriles is 1. The van der Waals surface area contributed by atoms with Crippen LogP contribution in [0.4, 0.5) is 0 Å². The van der Waals surface area contributed by atoms with E-state index < -0.39 is 0 Å². The molecule has 1 heterocycles. The van der Waals surface area contributed by atoms with Crippen molar-refractivity contribution in [1.29, 1.82) is 5.26 Å². The molecule has 1 aromatic rings. The third kappa shape index (κ3) is 2.14. The molecule has 0 aliphatic heterocycles. The molecule has 0 saturated heterocycles. The Morgan fingerprint density at radius 3 is 3.00 bits per heavy atom. The van der Waals surface area contributed by atoms with Gasteiger partial charge in [-0.05, 0) is 42.2 Å². The highest BCUT2D eigenvalue weighted by Gasteiger charge is 2.32. The van der Waals surface area contributed by atoms with Gasteiger partial charge in [-0.3, -0.25) is 4.90 Å². The van der Waals surface area contributed by atoms with Gasteiger partial charge in [0.1, 0.15) is 0 Å². The van der Waals surface area contributed by atoms with Crippen molar-refractivity contribution in [3.8, 4) is 6.07 Å². The number of thiophene rings is 1. The van der Waals surface area contributed by atoms with E-state index in [9.17, 15) is 0 Å². The molecule has 0 spiro atoms. The zero-order valence-corrected chi connectivity index (χ0v) is 9.13. The molecule has 1 atom stereocenters. The maximum Gasteiger partial charge on any atom is 0.0954 e. The van der Waals surface area contributed by atoms with Gasteiger partial charge in [0.25, 0.3) is 0 Å². The summed E-state index contributed by atoms with van der Waals surface area (Å²) in [5.41, 5.74) is 1.34. The molecule has 2 rings (SSSR count). The Morgan fingerprint density at radius 2 is 2.50 bits per heavy atom. The molecule has 1 aromatic heterocycles. The molecule has 1 saturated carbocycles. The summed E-state index contributed by atoms with van der Waals surface area (Å²) in [4.78, 5) is 2.31. The maximum absolute atomic E-state index is 8.92. The van der Waals surface area contributed by atoms with E-state index in [2.05, 4.69) is 27.8 Å². The first kappa shape index (κ1) is 9.70. The Hall–Kier alpha value is -0.850. The molecular weight excluding hydrogens is 192 g/mol. The lowest BCUT2D eigenvalue weighted by molar-refractivity contribution is 0.226. The van der Waals surface area contributed by atoms with Gasteiger partial charge in [0.05, 0.1) is 12.1 Å². The molecule has 1 unspecified atom stereocenters. The van der Waals surface area contributed by atoms with Crippen molar-refractivity contribution in [2.24, 2.45) is 0 Å². The van der Waals surface area contributed by atoms with Crippen LogP contribution in [0.3, 0.4) is 0 Å². The van der Waals surface area contributed by atoms with Crippen LogP contribution in [0.5, 0.6) is 0 Å². The van der Waals surface area contributed by atoms with Gasteiger partial charge in [0, 0.05) is 12.6 Å². The number of hydrogen-bond donors (Lipinski definition) is 0. The second kappa shape index (κ2) is 4.12. The highest BCUT2D eigenvalue weighted by atomic mass is 32.1. The predicted molar refractivity (Wildman–Crippen MR) is 58.0 cm³/mol. The van der Waals surface area contributed by atoms with Crippen molar-refractivity contribution >= 4 is 11.3 Å². The van der Waals surface area contributed by atoms with Crippen molar-refractivity contribution in [2.75, 3.05) is 0 Å². The Balaban J connectivity index is 2.01. The van der Waals surface area contributed by atoms with Crippen LogP contribution in [-0.2, 0) is 6.54 Å². The van der Waals surface area contributed by atoms with E-state index in [1.165, 1.54) is 18.4 Å². The van der Waals surface area contributed by atoms with E-state index in [0.29, 0.717) is 6.04 Å². The molecule has 0 radical (unpaired) electrons. The minimum Gasteiger partial charge on any atom is -0.281 e. The zero-order valence-electron chi connectivity index (χ0n) is 8.31. The second-order valence-electron chi connectivity index (χ2n) is 3.84. The van der Waals surface area contributed by atoms with Gasteiger partial charge >= 0.3 is 0 Å². The molecule has 14 heavy (non-hydrogen) atoms. The van der Waals surface area contributed by atoms with E-state index in [0.717, 1.165) is 6.54 Å². The van der Waals surface area contributed by atoms with E-state index in [1.807, 2.05) is 6.92 Å². The number of hydrogen-bond acceptors (Lipinski definition) is 3. The van der Waals surface area contributed by atoms with Crippen LogP contribution in [0.2, 0.25) is 0 Å². The van der Waals surface area contributed by atoms with Crippen LogP contribution in [0, 0.1) is 11.3 Å². The summed E-state index contributed by atoms with van der Waals surface area (Å²) in [6.45, 7) is 2.92. The molecule has 1 aliphatic rings. The fraction of sp³-hybridized carbons (Fsp3) is 0.545. The molecule has 1 aliphatic carbocycles. The highest BCUT2D eigenvalue weighted by molar-refractivity contribution is 7.07. The predicted octanol–water partition coefficient (Wildman–Crippen LogP) is 2.62. The molecule has 2 nitrogen and oxygen atoms in total. The van der Waals surface area contributed by atoms with E-state index >= 15 is 0 Å². The lowest BCUT2D eigenvalue weighted by atomic mass is 10.2. The van der Waals surface area contributed by atoms with Gasteiger partial charge in [-0.1, -0.05) is 0 Å². The molecule has 3 heteroatoms. The van der Waals surface area contributed by atoms with Gasteiger partial charge in [0.2, 0.25) is 0 Å². The summed E-state index contributed by atoms with van der Waals surface area (Å²) < 4.78 is 0. The summed E-state index contributed by atoms with van der Waals surface area (Å²) in [6.07, 6.45) is 2.52. The van der Waals surface area contributed by atoms with Crippen molar-refractivity contribution in [3.63, 3.8) is 0 Å². The summed E-state index contributed by atoms with van der Waals surface area (Å²) >= 11 is 1.72. The first-order valence-corrected chi connectivity index (χ1v) is 5.92. The molecule has 0 bridgehead atoms. The number of nitrogens with zero attached hydrogens (tertiary/aromatic N) is 2. The fourth-order valence-electron chi connectivity index (χ4n) is 1.66. The minimum absolute atomic E-state index is 0.0439. The smallest absolute Gasteiger partial charge is 0.0954 e. The van der Waals surface area contributed by atoms with Crippen LogP contribution in [-0.4, -0.2) is 17.0 Å². The van der Waals surface area contributed by atoms with Crippen molar-refractivity contribution in [3.05, 3.63) is 22.4 Å². The SMILES string of the molecule is CC(C#N)N(Cc1ccsc1)C1CC1. The fourth-order valence-corrected chi connectivity index (χ4v) is 2.32. The Kier molecular flexibility index (Phi) is 2.85. The lowest BCUT2D eigenvalue weighted by Gasteiger charge is -2.23. The maximum atomic E-state index is 8.92. The standard InChI is InChI=1S/C11H14N2S/c1-9(6-12)13(11-2-3-11)7-10-4-5-14-8-10/h4-5,8-9,11H,2-3,7H2,1H3. The zero-order chi connectivity index (χ0) is 9.97. The summed E-state index contributed by atoms with van der Waals surface area (Å²) in [6, 6.07) is 5.17. The van der Waals surface area contributed by atoms with Crippen LogP contribution in [0.25, 0.3) is 0 Å². The summed E-state index contributed by atoms with van der Waals surface area (Å²) in [7, 11) is 0. The summed E-state index contributed by atoms with van der Waals surface area (Å²) in [5.74, 6) is 0. The minimum atomic E-state index is 0.0439. The van der Waals surface area contributed by atoms with Gasteiger partial charge in [-0.2, -0.15) is 16.6 Å². The molecule has 0 amide bonds. The van der Waals surface area contributed by atoms with Crippen LogP contribution in [0.1, 0.15) is 25.3 Å². The van der Waals surface area contributed by atoms with Gasteiger partial charge in [0.15, 0.2) is 0 Å². The number of rotatable bonds is 4. The summed E-state index contributed by atoms with van der Waals surface area (Å²) in [5, 5.41) is 13.2. The van der Waals surface area contributed by atoms with Gasteiger partial charge < -0.3 is 0 Å². The van der Waals surface area contributed by atoms with E-state index in [4.69, 9.17) is 5.26 Å². The average Bonchev–Trinajstić information content (AvgIpc) is 2.92. The third-order valence-electron chi connectivity index (χ3n) is 2.65. The molecule has 0 N–H and O–H groups in total. The Labute approximate surface area is 88.8 Å². The van der Waals surface area contributed by atoms with Gasteiger partial charge in [-0.15, -0.1) is 0 Å². The van der Waals surface area contributed by atoms with Crippen molar-refractivity contribution in [2.45, 2.75) is 38.4 Å². The third-order valence-corrected chi connectivity index (χ3v) is 3.38. The van der Waals surface area contributed by atoms with Crippen molar-refractivity contribution in [1.82, 2.24) is 4.90 Å². The first-order valence-electron chi connectivity index (χ1n) is 4.97. The van der Waals surface area contributed by atoms with Gasteiger partial charge in [-0.25, -0.2) is 0 Å². The largest absolute Gasteiger partial charge is 0.281 e. The average molecular weight is 206 g/mol. The van der Waals surface area contributed by atoms with Crippen LogP contribution in [0.15, 0.2) is 16.8 Å². The lowest BCUT2D eigenvalue weighted by Crippen LogP contribution is -2.33.